The van der Waals surface area contributed by atoms with Crippen molar-refractivity contribution in [3.63, 3.8) is 0 Å². The highest BCUT2D eigenvalue weighted by Crippen LogP contribution is 2.33. The summed E-state index contributed by atoms with van der Waals surface area (Å²) in [6.45, 7) is 3.26. The van der Waals surface area contributed by atoms with Gasteiger partial charge < -0.3 is 9.64 Å². The third-order valence-corrected chi connectivity index (χ3v) is 5.47. The van der Waals surface area contributed by atoms with Crippen LogP contribution >= 0.6 is 22.9 Å². The Morgan fingerprint density at radius 3 is 2.52 bits per heavy atom. The summed E-state index contributed by atoms with van der Waals surface area (Å²) in [6.07, 6.45) is 0. The Morgan fingerprint density at radius 1 is 1.19 bits per heavy atom. The quantitative estimate of drug-likeness (QED) is 0.609. The Labute approximate surface area is 168 Å². The van der Waals surface area contributed by atoms with E-state index >= 15 is 0 Å². The number of anilines is 1. The summed E-state index contributed by atoms with van der Waals surface area (Å²) in [4.78, 5) is 21.7. The summed E-state index contributed by atoms with van der Waals surface area (Å²) in [7, 11) is 5.57. The molecule has 0 aliphatic rings. The topological polar surface area (TPSA) is 45.7 Å². The van der Waals surface area contributed by atoms with Crippen LogP contribution in [0.5, 0.6) is 5.75 Å². The predicted molar refractivity (Wildman–Crippen MR) is 113 cm³/mol. The lowest BCUT2D eigenvalue weighted by Gasteiger charge is -2.22. The maximum absolute atomic E-state index is 13.2. The maximum atomic E-state index is 13.2. The van der Waals surface area contributed by atoms with Gasteiger partial charge in [-0.2, -0.15) is 0 Å². The van der Waals surface area contributed by atoms with E-state index in [-0.39, 0.29) is 5.91 Å². The molecule has 0 N–H and O–H groups in total. The Bertz CT molecular complexity index is 954. The number of fused-ring (bicyclic) bond motifs is 1. The van der Waals surface area contributed by atoms with Gasteiger partial charge in [0.15, 0.2) is 5.13 Å². The summed E-state index contributed by atoms with van der Waals surface area (Å²) in [5.41, 5.74) is 2.49. The molecule has 0 atom stereocenters. The van der Waals surface area contributed by atoms with Crippen LogP contribution in [0.2, 0.25) is 5.02 Å². The number of thiazole rings is 1. The lowest BCUT2D eigenvalue weighted by molar-refractivity contribution is 0.0985. The average Bonchev–Trinajstić information content (AvgIpc) is 3.05. The van der Waals surface area contributed by atoms with Crippen molar-refractivity contribution < 1.29 is 9.53 Å². The fraction of sp³-hybridized carbons (Fsp3) is 0.300. The molecule has 27 heavy (non-hydrogen) atoms. The van der Waals surface area contributed by atoms with Gasteiger partial charge in [-0.25, -0.2) is 4.98 Å². The zero-order valence-corrected chi connectivity index (χ0v) is 17.4. The maximum Gasteiger partial charge on any atom is 0.260 e. The Kier molecular flexibility index (Phi) is 5.99. The number of hydrogen-bond donors (Lipinski definition) is 0. The molecule has 0 unspecified atom stereocenters. The van der Waals surface area contributed by atoms with Crippen LogP contribution in [-0.4, -0.2) is 50.1 Å². The predicted octanol–water partition coefficient (Wildman–Crippen LogP) is 4.48. The van der Waals surface area contributed by atoms with Crippen molar-refractivity contribution in [3.8, 4) is 5.75 Å². The molecule has 7 heteroatoms. The second kappa shape index (κ2) is 8.25. The zero-order valence-electron chi connectivity index (χ0n) is 15.8. The minimum atomic E-state index is -0.0812. The van der Waals surface area contributed by atoms with E-state index in [0.717, 1.165) is 28.1 Å². The fourth-order valence-electron chi connectivity index (χ4n) is 2.73. The van der Waals surface area contributed by atoms with E-state index in [1.165, 1.54) is 11.3 Å². The first-order valence-corrected chi connectivity index (χ1v) is 9.76. The number of benzene rings is 2. The molecule has 2 aromatic carbocycles. The second-order valence-corrected chi connectivity index (χ2v) is 8.00. The first-order valence-electron chi connectivity index (χ1n) is 8.56. The number of ether oxygens (including phenoxy) is 1. The molecular formula is C20H22ClN3O2S. The normalized spacial score (nSPS) is 11.2. The largest absolute Gasteiger partial charge is 0.497 e. The molecule has 3 aromatic rings. The van der Waals surface area contributed by atoms with Crippen LogP contribution in [-0.2, 0) is 0 Å². The summed E-state index contributed by atoms with van der Waals surface area (Å²) >= 11 is 7.66. The van der Waals surface area contributed by atoms with Crippen molar-refractivity contribution in [2.75, 3.05) is 39.2 Å². The van der Waals surface area contributed by atoms with Crippen LogP contribution in [0.15, 0.2) is 36.4 Å². The van der Waals surface area contributed by atoms with Gasteiger partial charge >= 0.3 is 0 Å². The molecule has 1 heterocycles. The molecular weight excluding hydrogens is 382 g/mol. The summed E-state index contributed by atoms with van der Waals surface area (Å²) in [6, 6.07) is 10.9. The number of rotatable bonds is 6. The molecule has 1 amide bonds. The molecule has 3 rings (SSSR count). The standard InChI is InChI=1S/C20H22ClN3O2S/c1-13-11-15(21)12-17-18(13)22-20(27-17)24(10-9-23(2)3)19(25)14-5-7-16(26-4)8-6-14/h5-8,11-12H,9-10H2,1-4H3. The van der Waals surface area contributed by atoms with Crippen LogP contribution in [0.3, 0.4) is 0 Å². The van der Waals surface area contributed by atoms with Crippen LogP contribution in [0.25, 0.3) is 10.2 Å². The fourth-order valence-corrected chi connectivity index (χ4v) is 4.18. The Balaban J connectivity index is 1.99. The van der Waals surface area contributed by atoms with Crippen molar-refractivity contribution in [2.24, 2.45) is 0 Å². The number of hydrogen-bond acceptors (Lipinski definition) is 5. The molecule has 0 aliphatic heterocycles. The molecule has 0 aliphatic carbocycles. The lowest BCUT2D eigenvalue weighted by Crippen LogP contribution is -2.36. The monoisotopic (exact) mass is 403 g/mol. The molecule has 0 saturated carbocycles. The number of aromatic nitrogens is 1. The molecule has 1 aromatic heterocycles. The molecule has 0 spiro atoms. The highest BCUT2D eigenvalue weighted by atomic mass is 35.5. The third-order valence-electron chi connectivity index (χ3n) is 4.22. The molecule has 142 valence electrons. The molecule has 0 radical (unpaired) electrons. The summed E-state index contributed by atoms with van der Waals surface area (Å²) in [5.74, 6) is 0.638. The van der Waals surface area contributed by atoms with Crippen molar-refractivity contribution in [1.82, 2.24) is 9.88 Å². The van der Waals surface area contributed by atoms with E-state index in [2.05, 4.69) is 0 Å². The summed E-state index contributed by atoms with van der Waals surface area (Å²) < 4.78 is 6.16. The zero-order chi connectivity index (χ0) is 19.6. The van der Waals surface area contributed by atoms with Gasteiger partial charge in [0.25, 0.3) is 5.91 Å². The van der Waals surface area contributed by atoms with E-state index in [1.54, 1.807) is 36.3 Å². The van der Waals surface area contributed by atoms with Crippen LogP contribution in [0.1, 0.15) is 15.9 Å². The van der Waals surface area contributed by atoms with Crippen LogP contribution in [0.4, 0.5) is 5.13 Å². The number of aryl methyl sites for hydroxylation is 1. The van der Waals surface area contributed by atoms with Crippen LogP contribution < -0.4 is 9.64 Å². The Morgan fingerprint density at radius 2 is 1.89 bits per heavy atom. The number of likely N-dealkylation sites (N-methyl/N-ethyl adjacent to an activating group) is 1. The smallest absolute Gasteiger partial charge is 0.260 e. The van der Waals surface area contributed by atoms with Gasteiger partial charge in [0, 0.05) is 23.7 Å². The van der Waals surface area contributed by atoms with E-state index in [9.17, 15) is 4.79 Å². The second-order valence-electron chi connectivity index (χ2n) is 6.55. The van der Waals surface area contributed by atoms with Crippen molar-refractivity contribution >= 4 is 44.2 Å². The summed E-state index contributed by atoms with van der Waals surface area (Å²) in [5, 5.41) is 1.36. The van der Waals surface area contributed by atoms with Gasteiger partial charge in [-0.15, -0.1) is 0 Å². The molecule has 0 saturated heterocycles. The molecule has 0 bridgehead atoms. The lowest BCUT2D eigenvalue weighted by atomic mass is 10.2. The number of amides is 1. The van der Waals surface area contributed by atoms with Crippen molar-refractivity contribution in [3.05, 3.63) is 52.5 Å². The SMILES string of the molecule is COc1ccc(C(=O)N(CCN(C)C)c2nc3c(C)cc(Cl)cc3s2)cc1. The minimum Gasteiger partial charge on any atom is -0.497 e. The minimum absolute atomic E-state index is 0.0812. The first-order chi connectivity index (χ1) is 12.9. The van der Waals surface area contributed by atoms with Crippen molar-refractivity contribution in [2.45, 2.75) is 6.92 Å². The highest BCUT2D eigenvalue weighted by molar-refractivity contribution is 7.22. The van der Waals surface area contributed by atoms with E-state index < -0.39 is 0 Å². The number of carbonyl (C=O) groups is 1. The van der Waals surface area contributed by atoms with Gasteiger partial charge in [-0.05, 0) is 63.0 Å². The Hall–Kier alpha value is -2.15. The van der Waals surface area contributed by atoms with Gasteiger partial charge in [-0.3, -0.25) is 9.69 Å². The van der Waals surface area contributed by atoms with E-state index in [0.29, 0.717) is 22.3 Å². The average molecular weight is 404 g/mol. The van der Waals surface area contributed by atoms with Crippen molar-refractivity contribution in [1.29, 1.82) is 0 Å². The van der Waals surface area contributed by atoms with E-state index in [1.807, 2.05) is 38.1 Å². The first kappa shape index (κ1) is 19.6. The number of nitrogens with zero attached hydrogens (tertiary/aromatic N) is 3. The molecule has 0 fully saturated rings. The van der Waals surface area contributed by atoms with Gasteiger partial charge in [-0.1, -0.05) is 22.9 Å². The van der Waals surface area contributed by atoms with E-state index in [4.69, 9.17) is 21.3 Å². The number of methoxy groups -OCH3 is 1. The highest BCUT2D eigenvalue weighted by Gasteiger charge is 2.22. The number of halogens is 1. The van der Waals surface area contributed by atoms with Gasteiger partial charge in [0.2, 0.25) is 0 Å². The third kappa shape index (κ3) is 4.40. The van der Waals surface area contributed by atoms with Gasteiger partial charge in [0.05, 0.1) is 17.3 Å². The number of carbonyl (C=O) groups excluding carboxylic acids is 1. The van der Waals surface area contributed by atoms with Gasteiger partial charge in [0.1, 0.15) is 5.75 Å². The molecule has 5 nitrogen and oxygen atoms in total. The van der Waals surface area contributed by atoms with Crippen LogP contribution in [0, 0.1) is 6.92 Å².